The van der Waals surface area contributed by atoms with Crippen LogP contribution in [0, 0.1) is 13.8 Å². The van der Waals surface area contributed by atoms with Crippen molar-refractivity contribution in [3.63, 3.8) is 0 Å². The van der Waals surface area contributed by atoms with E-state index in [1.54, 1.807) is 7.05 Å². The molecule has 90 valence electrons. The van der Waals surface area contributed by atoms with E-state index in [0.29, 0.717) is 0 Å². The molecule has 1 aromatic rings. The van der Waals surface area contributed by atoms with Crippen LogP contribution in [-0.2, 0) is 9.84 Å². The fraction of sp³-hybridized carbons (Fsp3) is 0.500. The number of hydrogen-bond acceptors (Lipinski definition) is 3. The van der Waals surface area contributed by atoms with Crippen LogP contribution in [0.25, 0.3) is 0 Å². The Morgan fingerprint density at radius 1 is 1.31 bits per heavy atom. The SMILES string of the molecule is CNC(CS(C)(=O)=O)c1ccc(C)cc1C. The minimum Gasteiger partial charge on any atom is -0.312 e. The monoisotopic (exact) mass is 241 g/mol. The smallest absolute Gasteiger partial charge is 0.149 e. The van der Waals surface area contributed by atoms with Crippen LogP contribution in [0.3, 0.4) is 0 Å². The average Bonchev–Trinajstić information content (AvgIpc) is 2.13. The fourth-order valence-corrected chi connectivity index (χ4v) is 2.80. The van der Waals surface area contributed by atoms with Crippen LogP contribution < -0.4 is 5.32 Å². The maximum Gasteiger partial charge on any atom is 0.149 e. The molecule has 0 aliphatic rings. The summed E-state index contributed by atoms with van der Waals surface area (Å²) in [6.07, 6.45) is 1.26. The maximum atomic E-state index is 11.3. The van der Waals surface area contributed by atoms with E-state index in [1.165, 1.54) is 11.8 Å². The van der Waals surface area contributed by atoms with Crippen molar-refractivity contribution in [2.24, 2.45) is 0 Å². The quantitative estimate of drug-likeness (QED) is 0.871. The lowest BCUT2D eigenvalue weighted by molar-refractivity contribution is 0.578. The minimum absolute atomic E-state index is 0.129. The van der Waals surface area contributed by atoms with Gasteiger partial charge in [-0.2, -0.15) is 0 Å². The number of aryl methyl sites for hydroxylation is 2. The zero-order valence-corrected chi connectivity index (χ0v) is 11.1. The molecule has 0 aromatic heterocycles. The molecule has 0 saturated heterocycles. The second-order valence-corrected chi connectivity index (χ2v) is 6.48. The van der Waals surface area contributed by atoms with Crippen molar-refractivity contribution in [1.82, 2.24) is 5.32 Å². The highest BCUT2D eigenvalue weighted by Gasteiger charge is 2.17. The zero-order valence-electron chi connectivity index (χ0n) is 10.2. The van der Waals surface area contributed by atoms with Gasteiger partial charge >= 0.3 is 0 Å². The summed E-state index contributed by atoms with van der Waals surface area (Å²) in [5.74, 6) is 0.132. The molecule has 1 aromatic carbocycles. The molecular formula is C12H19NO2S. The number of benzene rings is 1. The van der Waals surface area contributed by atoms with Crippen molar-refractivity contribution >= 4 is 9.84 Å². The van der Waals surface area contributed by atoms with Crippen molar-refractivity contribution in [1.29, 1.82) is 0 Å². The summed E-state index contributed by atoms with van der Waals surface area (Å²) < 4.78 is 22.6. The molecule has 1 rings (SSSR count). The molecule has 0 bridgehead atoms. The van der Waals surface area contributed by atoms with E-state index in [4.69, 9.17) is 0 Å². The van der Waals surface area contributed by atoms with Crippen LogP contribution in [-0.4, -0.2) is 27.5 Å². The average molecular weight is 241 g/mol. The Bertz CT molecular complexity index is 466. The van der Waals surface area contributed by atoms with Gasteiger partial charge in [-0.3, -0.25) is 0 Å². The molecule has 0 heterocycles. The Labute approximate surface area is 97.8 Å². The van der Waals surface area contributed by atoms with E-state index in [-0.39, 0.29) is 11.8 Å². The van der Waals surface area contributed by atoms with Gasteiger partial charge in [-0.15, -0.1) is 0 Å². The summed E-state index contributed by atoms with van der Waals surface area (Å²) in [5.41, 5.74) is 3.37. The van der Waals surface area contributed by atoms with E-state index in [1.807, 2.05) is 26.0 Å². The predicted molar refractivity (Wildman–Crippen MR) is 67.4 cm³/mol. The van der Waals surface area contributed by atoms with Gasteiger partial charge in [0.2, 0.25) is 0 Å². The Kier molecular flexibility index (Phi) is 4.10. The van der Waals surface area contributed by atoms with Gasteiger partial charge in [-0.1, -0.05) is 23.8 Å². The molecule has 0 spiro atoms. The molecule has 0 saturated carbocycles. The molecule has 0 radical (unpaired) electrons. The highest BCUT2D eigenvalue weighted by molar-refractivity contribution is 7.90. The summed E-state index contributed by atoms with van der Waals surface area (Å²) in [5, 5.41) is 3.06. The number of rotatable bonds is 4. The Hall–Kier alpha value is -0.870. The third-order valence-corrected chi connectivity index (χ3v) is 3.56. The van der Waals surface area contributed by atoms with Crippen LogP contribution in [0.2, 0.25) is 0 Å². The predicted octanol–water partition coefficient (Wildman–Crippen LogP) is 1.61. The second-order valence-electron chi connectivity index (χ2n) is 4.29. The normalized spacial score (nSPS) is 13.8. The van der Waals surface area contributed by atoms with Crippen LogP contribution in [0.15, 0.2) is 18.2 Å². The summed E-state index contributed by atoms with van der Waals surface area (Å²) in [4.78, 5) is 0. The molecule has 16 heavy (non-hydrogen) atoms. The Morgan fingerprint density at radius 3 is 2.38 bits per heavy atom. The van der Waals surface area contributed by atoms with Gasteiger partial charge in [0.15, 0.2) is 0 Å². The molecule has 0 fully saturated rings. The van der Waals surface area contributed by atoms with Gasteiger partial charge in [0.05, 0.1) is 5.75 Å². The van der Waals surface area contributed by atoms with Gasteiger partial charge < -0.3 is 5.32 Å². The Morgan fingerprint density at radius 2 is 1.94 bits per heavy atom. The second kappa shape index (κ2) is 4.97. The zero-order chi connectivity index (χ0) is 12.3. The number of nitrogens with one attached hydrogen (secondary N) is 1. The van der Waals surface area contributed by atoms with Crippen LogP contribution in [0.1, 0.15) is 22.7 Å². The van der Waals surface area contributed by atoms with E-state index < -0.39 is 9.84 Å². The van der Waals surface area contributed by atoms with Gasteiger partial charge in [-0.25, -0.2) is 8.42 Å². The minimum atomic E-state index is -2.97. The van der Waals surface area contributed by atoms with Gasteiger partial charge in [-0.05, 0) is 32.0 Å². The third kappa shape index (κ3) is 3.61. The first-order valence-corrected chi connectivity index (χ1v) is 7.31. The lowest BCUT2D eigenvalue weighted by Crippen LogP contribution is -2.25. The molecule has 4 heteroatoms. The molecule has 1 unspecified atom stereocenters. The van der Waals surface area contributed by atoms with Crippen LogP contribution in [0.5, 0.6) is 0 Å². The first-order valence-electron chi connectivity index (χ1n) is 5.25. The first kappa shape index (κ1) is 13.2. The maximum absolute atomic E-state index is 11.3. The molecule has 1 atom stereocenters. The summed E-state index contributed by atoms with van der Waals surface area (Å²) >= 11 is 0. The Balaban J connectivity index is 3.04. The third-order valence-electron chi connectivity index (χ3n) is 2.62. The van der Waals surface area contributed by atoms with Crippen molar-refractivity contribution in [3.05, 3.63) is 34.9 Å². The standard InChI is InChI=1S/C12H19NO2S/c1-9-5-6-11(10(2)7-9)12(13-3)8-16(4,14)15/h5-7,12-13H,8H2,1-4H3. The van der Waals surface area contributed by atoms with Gasteiger partial charge in [0.1, 0.15) is 9.84 Å². The van der Waals surface area contributed by atoms with E-state index in [2.05, 4.69) is 11.4 Å². The van der Waals surface area contributed by atoms with E-state index in [9.17, 15) is 8.42 Å². The summed E-state index contributed by atoms with van der Waals surface area (Å²) in [7, 11) is -1.19. The summed E-state index contributed by atoms with van der Waals surface area (Å²) in [6.45, 7) is 4.04. The lowest BCUT2D eigenvalue weighted by Gasteiger charge is -2.18. The highest BCUT2D eigenvalue weighted by atomic mass is 32.2. The molecule has 0 aliphatic heterocycles. The van der Waals surface area contributed by atoms with E-state index >= 15 is 0 Å². The molecule has 1 N–H and O–H groups in total. The number of hydrogen-bond donors (Lipinski definition) is 1. The topological polar surface area (TPSA) is 46.2 Å². The van der Waals surface area contributed by atoms with Crippen molar-refractivity contribution in [2.45, 2.75) is 19.9 Å². The molecule has 3 nitrogen and oxygen atoms in total. The number of sulfone groups is 1. The first-order chi connectivity index (χ1) is 7.33. The van der Waals surface area contributed by atoms with Crippen molar-refractivity contribution < 1.29 is 8.42 Å². The lowest BCUT2D eigenvalue weighted by atomic mass is 10.0. The van der Waals surface area contributed by atoms with Crippen LogP contribution in [0.4, 0.5) is 0 Å². The largest absolute Gasteiger partial charge is 0.312 e. The van der Waals surface area contributed by atoms with Crippen LogP contribution >= 0.6 is 0 Å². The highest BCUT2D eigenvalue weighted by Crippen LogP contribution is 2.20. The fourth-order valence-electron chi connectivity index (χ4n) is 1.85. The molecule has 0 amide bonds. The van der Waals surface area contributed by atoms with Gasteiger partial charge in [0, 0.05) is 12.3 Å². The summed E-state index contributed by atoms with van der Waals surface area (Å²) in [6, 6.07) is 5.95. The molecule has 0 aliphatic carbocycles. The van der Waals surface area contributed by atoms with Gasteiger partial charge in [0.25, 0.3) is 0 Å². The van der Waals surface area contributed by atoms with E-state index in [0.717, 1.165) is 11.1 Å². The van der Waals surface area contributed by atoms with Crippen molar-refractivity contribution in [2.75, 3.05) is 19.1 Å². The molecular weight excluding hydrogens is 222 g/mol. The van der Waals surface area contributed by atoms with Crippen molar-refractivity contribution in [3.8, 4) is 0 Å².